The van der Waals surface area contributed by atoms with Gasteiger partial charge in [-0.25, -0.2) is 0 Å². The van der Waals surface area contributed by atoms with Crippen LogP contribution in [-0.2, 0) is 4.79 Å². The average molecular weight is 522 g/mol. The number of aryl methyl sites for hydroxylation is 2. The van der Waals surface area contributed by atoms with Crippen molar-refractivity contribution in [2.45, 2.75) is 65.4 Å². The lowest BCUT2D eigenvalue weighted by Crippen LogP contribution is -2.26. The number of carboxylic acid groups (broad SMARTS) is 1. The van der Waals surface area contributed by atoms with Crippen molar-refractivity contribution in [2.75, 3.05) is 6.54 Å². The van der Waals surface area contributed by atoms with Gasteiger partial charge in [-0.05, 0) is 90.9 Å². The molecule has 0 spiro atoms. The molecule has 0 saturated heterocycles. The monoisotopic (exact) mass is 521 g/mol. The highest BCUT2D eigenvalue weighted by Gasteiger charge is 2.18. The SMILES string of the molecule is CCCCCCC(Oc1c(C)cc(-c2ccc(Cl)cc2)cc1C)c1ccc(C(=O)NCCC(=O)O)cc1. The highest BCUT2D eigenvalue weighted by Crippen LogP contribution is 2.35. The van der Waals surface area contributed by atoms with E-state index in [1.807, 2.05) is 36.4 Å². The summed E-state index contributed by atoms with van der Waals surface area (Å²) in [5, 5.41) is 12.1. The standard InChI is InChI=1S/C31H36ClNO4/c1-4-5-6-7-8-28(24-9-11-25(12-10-24)31(36)33-18-17-29(34)35)37-30-21(2)19-26(20-22(30)3)23-13-15-27(32)16-14-23/h9-16,19-20,28H,4-8,17-18H2,1-3H3,(H,33,36)(H,34,35). The molecule has 0 fully saturated rings. The normalized spacial score (nSPS) is 11.7. The van der Waals surface area contributed by atoms with Crippen LogP contribution in [0.5, 0.6) is 5.75 Å². The molecule has 0 radical (unpaired) electrons. The van der Waals surface area contributed by atoms with Crippen LogP contribution in [0.2, 0.25) is 5.02 Å². The predicted octanol–water partition coefficient (Wildman–Crippen LogP) is 7.92. The number of carbonyl (C=O) groups excluding carboxylic acids is 1. The van der Waals surface area contributed by atoms with E-state index in [4.69, 9.17) is 21.4 Å². The van der Waals surface area contributed by atoms with Gasteiger partial charge in [-0.2, -0.15) is 0 Å². The van der Waals surface area contributed by atoms with Gasteiger partial charge in [0, 0.05) is 17.1 Å². The maximum absolute atomic E-state index is 12.4. The first-order valence-electron chi connectivity index (χ1n) is 12.9. The highest BCUT2D eigenvalue weighted by atomic mass is 35.5. The molecule has 196 valence electrons. The fourth-order valence-electron chi connectivity index (χ4n) is 4.37. The molecular formula is C31H36ClNO4. The van der Waals surface area contributed by atoms with Crippen molar-refractivity contribution in [2.24, 2.45) is 0 Å². The Morgan fingerprint density at radius 3 is 2.16 bits per heavy atom. The summed E-state index contributed by atoms with van der Waals surface area (Å²) in [4.78, 5) is 23.1. The number of carboxylic acids is 1. The van der Waals surface area contributed by atoms with Gasteiger partial charge in [-0.3, -0.25) is 9.59 Å². The van der Waals surface area contributed by atoms with E-state index in [1.54, 1.807) is 12.1 Å². The molecule has 0 aliphatic carbocycles. The molecule has 3 rings (SSSR count). The molecule has 0 aliphatic rings. The summed E-state index contributed by atoms with van der Waals surface area (Å²) in [6.45, 7) is 6.44. The molecule has 3 aromatic carbocycles. The third-order valence-corrected chi connectivity index (χ3v) is 6.64. The van der Waals surface area contributed by atoms with E-state index >= 15 is 0 Å². The second-order valence-corrected chi connectivity index (χ2v) is 9.86. The Bertz CT molecular complexity index is 1170. The number of halogens is 1. The Morgan fingerprint density at radius 2 is 1.57 bits per heavy atom. The molecule has 3 aromatic rings. The lowest BCUT2D eigenvalue weighted by Gasteiger charge is -2.23. The number of amides is 1. The molecule has 1 unspecified atom stereocenters. The Balaban J connectivity index is 1.80. The van der Waals surface area contributed by atoms with Gasteiger partial charge in [0.25, 0.3) is 5.91 Å². The lowest BCUT2D eigenvalue weighted by atomic mass is 9.98. The van der Waals surface area contributed by atoms with Crippen LogP contribution >= 0.6 is 11.6 Å². The molecule has 0 aliphatic heterocycles. The Morgan fingerprint density at radius 1 is 0.919 bits per heavy atom. The van der Waals surface area contributed by atoms with E-state index in [2.05, 4.69) is 38.2 Å². The van der Waals surface area contributed by atoms with E-state index in [-0.39, 0.29) is 25.0 Å². The fourth-order valence-corrected chi connectivity index (χ4v) is 4.50. The number of rotatable bonds is 13. The molecule has 6 heteroatoms. The molecule has 0 bridgehead atoms. The lowest BCUT2D eigenvalue weighted by molar-refractivity contribution is -0.136. The minimum Gasteiger partial charge on any atom is -0.485 e. The van der Waals surface area contributed by atoms with Crippen molar-refractivity contribution < 1.29 is 19.4 Å². The average Bonchev–Trinajstić information content (AvgIpc) is 2.87. The predicted molar refractivity (Wildman–Crippen MR) is 150 cm³/mol. The first kappa shape index (κ1) is 28.3. The summed E-state index contributed by atoms with van der Waals surface area (Å²) >= 11 is 6.06. The highest BCUT2D eigenvalue weighted by molar-refractivity contribution is 6.30. The van der Waals surface area contributed by atoms with Gasteiger partial charge >= 0.3 is 5.97 Å². The summed E-state index contributed by atoms with van der Waals surface area (Å²) in [7, 11) is 0. The molecule has 37 heavy (non-hydrogen) atoms. The van der Waals surface area contributed by atoms with Crippen LogP contribution in [0.4, 0.5) is 0 Å². The number of unbranched alkanes of at least 4 members (excludes halogenated alkanes) is 3. The third-order valence-electron chi connectivity index (χ3n) is 6.39. The van der Waals surface area contributed by atoms with Gasteiger partial charge in [0.05, 0.1) is 6.42 Å². The number of hydrogen-bond donors (Lipinski definition) is 2. The van der Waals surface area contributed by atoms with Crippen LogP contribution in [0, 0.1) is 13.8 Å². The number of benzene rings is 3. The van der Waals surface area contributed by atoms with Gasteiger partial charge < -0.3 is 15.2 Å². The Kier molecular flexibility index (Phi) is 10.6. The number of carbonyl (C=O) groups is 2. The minimum absolute atomic E-state index is 0.101. The molecule has 1 atom stereocenters. The van der Waals surface area contributed by atoms with Gasteiger partial charge in [-0.15, -0.1) is 0 Å². The van der Waals surface area contributed by atoms with Crippen molar-refractivity contribution in [1.29, 1.82) is 0 Å². The van der Waals surface area contributed by atoms with Crippen LogP contribution in [0.1, 0.15) is 78.6 Å². The topological polar surface area (TPSA) is 75.6 Å². The zero-order valence-corrected chi connectivity index (χ0v) is 22.6. The third kappa shape index (κ3) is 8.36. The van der Waals surface area contributed by atoms with Crippen molar-refractivity contribution >= 4 is 23.5 Å². The first-order valence-corrected chi connectivity index (χ1v) is 13.3. The van der Waals surface area contributed by atoms with E-state index < -0.39 is 5.97 Å². The van der Waals surface area contributed by atoms with Crippen LogP contribution in [0.15, 0.2) is 60.7 Å². The van der Waals surface area contributed by atoms with Crippen LogP contribution in [0.3, 0.4) is 0 Å². The second kappa shape index (κ2) is 13.8. The summed E-state index contributed by atoms with van der Waals surface area (Å²) < 4.78 is 6.66. The molecule has 0 saturated carbocycles. The van der Waals surface area contributed by atoms with E-state index in [1.165, 1.54) is 12.8 Å². The van der Waals surface area contributed by atoms with Crippen molar-refractivity contribution in [3.8, 4) is 16.9 Å². The molecule has 1 amide bonds. The summed E-state index contributed by atoms with van der Waals surface area (Å²) in [6, 6.07) is 19.5. The van der Waals surface area contributed by atoms with Crippen LogP contribution in [0.25, 0.3) is 11.1 Å². The zero-order chi connectivity index (χ0) is 26.8. The van der Waals surface area contributed by atoms with Gasteiger partial charge in [0.2, 0.25) is 0 Å². The number of ether oxygens (including phenoxy) is 1. The summed E-state index contributed by atoms with van der Waals surface area (Å²) in [5.74, 6) is -0.336. The number of aliphatic carboxylic acids is 1. The van der Waals surface area contributed by atoms with Crippen LogP contribution in [-0.4, -0.2) is 23.5 Å². The van der Waals surface area contributed by atoms with Crippen molar-refractivity contribution in [3.63, 3.8) is 0 Å². The van der Waals surface area contributed by atoms with Gasteiger partial charge in [0.15, 0.2) is 0 Å². The molecule has 2 N–H and O–H groups in total. The Hall–Kier alpha value is -3.31. The van der Waals surface area contributed by atoms with Gasteiger partial charge in [0.1, 0.15) is 11.9 Å². The molecule has 0 heterocycles. The smallest absolute Gasteiger partial charge is 0.305 e. The molecule has 0 aromatic heterocycles. The quantitative estimate of drug-likeness (QED) is 0.224. The molecule has 5 nitrogen and oxygen atoms in total. The second-order valence-electron chi connectivity index (χ2n) is 9.42. The van der Waals surface area contributed by atoms with E-state index in [0.717, 1.165) is 52.8 Å². The number of hydrogen-bond acceptors (Lipinski definition) is 3. The van der Waals surface area contributed by atoms with Crippen LogP contribution < -0.4 is 10.1 Å². The first-order chi connectivity index (χ1) is 17.8. The van der Waals surface area contributed by atoms with E-state index in [0.29, 0.717) is 10.6 Å². The maximum atomic E-state index is 12.4. The number of nitrogens with one attached hydrogen (secondary N) is 1. The van der Waals surface area contributed by atoms with E-state index in [9.17, 15) is 9.59 Å². The maximum Gasteiger partial charge on any atom is 0.305 e. The summed E-state index contributed by atoms with van der Waals surface area (Å²) in [5.41, 5.74) is 5.88. The fraction of sp³-hybridized carbons (Fsp3) is 0.355. The largest absolute Gasteiger partial charge is 0.485 e. The summed E-state index contributed by atoms with van der Waals surface area (Å²) in [6.07, 6.45) is 5.19. The van der Waals surface area contributed by atoms with Crippen molar-refractivity contribution in [1.82, 2.24) is 5.32 Å². The Labute approximate surface area is 224 Å². The molecular weight excluding hydrogens is 486 g/mol. The minimum atomic E-state index is -0.939. The van der Waals surface area contributed by atoms with Crippen molar-refractivity contribution in [3.05, 3.63) is 87.9 Å². The zero-order valence-electron chi connectivity index (χ0n) is 21.9. The van der Waals surface area contributed by atoms with Gasteiger partial charge in [-0.1, -0.05) is 62.1 Å².